The summed E-state index contributed by atoms with van der Waals surface area (Å²) < 4.78 is 15.5. The molecule has 0 saturated carbocycles. The van der Waals surface area contributed by atoms with Crippen molar-refractivity contribution in [3.05, 3.63) is 47.9 Å². The highest BCUT2D eigenvalue weighted by Gasteiger charge is 2.13. The molecule has 2 aromatic heterocycles. The predicted octanol–water partition coefficient (Wildman–Crippen LogP) is 2.45. The van der Waals surface area contributed by atoms with E-state index in [0.29, 0.717) is 16.9 Å². The summed E-state index contributed by atoms with van der Waals surface area (Å²) in [5, 5.41) is 0. The van der Waals surface area contributed by atoms with Gasteiger partial charge >= 0.3 is 0 Å². The summed E-state index contributed by atoms with van der Waals surface area (Å²) in [7, 11) is 0. The number of fused-ring (bicyclic) bond motifs is 1. The van der Waals surface area contributed by atoms with Crippen molar-refractivity contribution in [2.45, 2.75) is 6.92 Å². The van der Waals surface area contributed by atoms with Gasteiger partial charge in [0.15, 0.2) is 5.65 Å². The average Bonchev–Trinajstić information content (AvgIpc) is 2.66. The van der Waals surface area contributed by atoms with Crippen molar-refractivity contribution in [1.29, 1.82) is 0 Å². The Morgan fingerprint density at radius 1 is 1.28 bits per heavy atom. The Morgan fingerprint density at radius 2 is 2.11 bits per heavy atom. The molecule has 5 heteroatoms. The number of benzene rings is 1. The first kappa shape index (κ1) is 10.7. The van der Waals surface area contributed by atoms with Crippen LogP contribution in [0.2, 0.25) is 0 Å². The quantitative estimate of drug-likeness (QED) is 0.713. The molecule has 90 valence electrons. The molecule has 0 saturated heterocycles. The lowest BCUT2D eigenvalue weighted by molar-refractivity contribution is 0.618. The van der Waals surface area contributed by atoms with E-state index in [1.807, 2.05) is 13.0 Å². The second-order valence-corrected chi connectivity index (χ2v) is 4.11. The lowest BCUT2D eigenvalue weighted by Crippen LogP contribution is -2.03. The molecule has 0 fully saturated rings. The van der Waals surface area contributed by atoms with Crippen LogP contribution in [0, 0.1) is 12.7 Å². The molecule has 3 rings (SSSR count). The van der Waals surface area contributed by atoms with Crippen molar-refractivity contribution in [2.24, 2.45) is 0 Å². The molecule has 0 unspecified atom stereocenters. The van der Waals surface area contributed by atoms with E-state index in [4.69, 9.17) is 5.73 Å². The average molecular weight is 242 g/mol. The van der Waals surface area contributed by atoms with Gasteiger partial charge in [0.1, 0.15) is 11.3 Å². The van der Waals surface area contributed by atoms with Crippen LogP contribution in [0.5, 0.6) is 0 Å². The molecule has 0 aliphatic carbocycles. The molecule has 0 bridgehead atoms. The third-order valence-corrected chi connectivity index (χ3v) is 2.79. The SMILES string of the molecule is Cc1ccc(-n2c(N)nc3cccnc32)c(F)c1. The van der Waals surface area contributed by atoms with Gasteiger partial charge < -0.3 is 5.73 Å². The first-order valence-electron chi connectivity index (χ1n) is 5.52. The topological polar surface area (TPSA) is 56.7 Å². The Morgan fingerprint density at radius 3 is 2.89 bits per heavy atom. The van der Waals surface area contributed by atoms with Gasteiger partial charge in [-0.05, 0) is 36.8 Å². The Labute approximate surface area is 103 Å². The highest BCUT2D eigenvalue weighted by Crippen LogP contribution is 2.23. The standard InChI is InChI=1S/C13H11FN4/c1-8-4-5-11(9(14)7-8)18-12-10(17-13(18)15)3-2-6-16-12/h2-7H,1H3,(H2,15,17). The number of halogens is 1. The normalized spacial score (nSPS) is 11.0. The fourth-order valence-corrected chi connectivity index (χ4v) is 1.96. The van der Waals surface area contributed by atoms with Crippen LogP contribution in [0.15, 0.2) is 36.5 Å². The first-order chi connectivity index (χ1) is 8.66. The van der Waals surface area contributed by atoms with Crippen LogP contribution < -0.4 is 5.73 Å². The maximum Gasteiger partial charge on any atom is 0.207 e. The summed E-state index contributed by atoms with van der Waals surface area (Å²) in [6.45, 7) is 1.83. The van der Waals surface area contributed by atoms with Crippen LogP contribution in [-0.2, 0) is 0 Å². The van der Waals surface area contributed by atoms with Crippen LogP contribution in [0.25, 0.3) is 16.9 Å². The van der Waals surface area contributed by atoms with Gasteiger partial charge in [-0.25, -0.2) is 14.4 Å². The number of nitrogens with zero attached hydrogens (tertiary/aromatic N) is 3. The zero-order valence-corrected chi connectivity index (χ0v) is 9.76. The van der Waals surface area contributed by atoms with E-state index in [1.165, 1.54) is 10.6 Å². The number of pyridine rings is 1. The number of hydrogen-bond donors (Lipinski definition) is 1. The summed E-state index contributed by atoms with van der Waals surface area (Å²) in [5.74, 6) is -0.113. The Kier molecular flexibility index (Phi) is 2.26. The molecule has 0 amide bonds. The van der Waals surface area contributed by atoms with Gasteiger partial charge in [0.2, 0.25) is 5.95 Å². The minimum Gasteiger partial charge on any atom is -0.369 e. The fourth-order valence-electron chi connectivity index (χ4n) is 1.96. The summed E-state index contributed by atoms with van der Waals surface area (Å²) in [6.07, 6.45) is 1.63. The van der Waals surface area contributed by atoms with Gasteiger partial charge in [0.25, 0.3) is 0 Å². The molecule has 0 radical (unpaired) electrons. The monoisotopic (exact) mass is 242 g/mol. The van der Waals surface area contributed by atoms with Crippen LogP contribution in [-0.4, -0.2) is 14.5 Å². The summed E-state index contributed by atoms with van der Waals surface area (Å²) in [5.41, 5.74) is 8.25. The van der Waals surface area contributed by atoms with Gasteiger partial charge in [0, 0.05) is 6.20 Å². The number of aryl methyl sites for hydroxylation is 1. The molecular formula is C13H11FN4. The van der Waals surface area contributed by atoms with Crippen molar-refractivity contribution in [1.82, 2.24) is 14.5 Å². The third kappa shape index (κ3) is 1.52. The van der Waals surface area contributed by atoms with Crippen molar-refractivity contribution in [3.63, 3.8) is 0 Å². The third-order valence-electron chi connectivity index (χ3n) is 2.79. The Hall–Kier alpha value is -2.43. The number of imidazole rings is 1. The summed E-state index contributed by atoms with van der Waals surface area (Å²) >= 11 is 0. The van der Waals surface area contributed by atoms with E-state index >= 15 is 0 Å². The van der Waals surface area contributed by atoms with Crippen LogP contribution in [0.4, 0.5) is 10.3 Å². The second kappa shape index (κ2) is 3.80. The zero-order valence-electron chi connectivity index (χ0n) is 9.76. The molecule has 2 N–H and O–H groups in total. The minimum absolute atomic E-state index is 0.228. The van der Waals surface area contributed by atoms with Gasteiger partial charge in [-0.3, -0.25) is 4.57 Å². The lowest BCUT2D eigenvalue weighted by Gasteiger charge is -2.07. The highest BCUT2D eigenvalue weighted by atomic mass is 19.1. The fraction of sp³-hybridized carbons (Fsp3) is 0.0769. The molecular weight excluding hydrogens is 231 g/mol. The van der Waals surface area contributed by atoms with Gasteiger partial charge in [-0.15, -0.1) is 0 Å². The van der Waals surface area contributed by atoms with E-state index < -0.39 is 0 Å². The maximum absolute atomic E-state index is 14.0. The first-order valence-corrected chi connectivity index (χ1v) is 5.52. The van der Waals surface area contributed by atoms with Crippen molar-refractivity contribution in [2.75, 3.05) is 5.73 Å². The summed E-state index contributed by atoms with van der Waals surface area (Å²) in [6, 6.07) is 8.53. The molecule has 1 aromatic carbocycles. The number of rotatable bonds is 1. The Balaban J connectivity index is 2.34. The number of aromatic nitrogens is 3. The van der Waals surface area contributed by atoms with Crippen LogP contribution in [0.3, 0.4) is 0 Å². The molecule has 4 nitrogen and oxygen atoms in total. The van der Waals surface area contributed by atoms with E-state index in [9.17, 15) is 4.39 Å². The van der Waals surface area contributed by atoms with Crippen molar-refractivity contribution in [3.8, 4) is 5.69 Å². The number of anilines is 1. The molecule has 0 aliphatic rings. The molecule has 2 heterocycles. The van der Waals surface area contributed by atoms with Crippen LogP contribution >= 0.6 is 0 Å². The van der Waals surface area contributed by atoms with E-state index in [2.05, 4.69) is 9.97 Å². The predicted molar refractivity (Wildman–Crippen MR) is 68.0 cm³/mol. The second-order valence-electron chi connectivity index (χ2n) is 4.11. The largest absolute Gasteiger partial charge is 0.369 e. The van der Waals surface area contributed by atoms with Gasteiger partial charge in [-0.1, -0.05) is 6.07 Å². The van der Waals surface area contributed by atoms with Crippen LogP contribution in [0.1, 0.15) is 5.56 Å². The number of nitrogens with two attached hydrogens (primary N) is 1. The van der Waals surface area contributed by atoms with E-state index in [0.717, 1.165) is 5.56 Å². The lowest BCUT2D eigenvalue weighted by atomic mass is 10.2. The Bertz CT molecular complexity index is 733. The molecule has 0 atom stereocenters. The molecule has 0 aliphatic heterocycles. The summed E-state index contributed by atoms with van der Waals surface area (Å²) in [4.78, 5) is 8.36. The zero-order chi connectivity index (χ0) is 12.7. The molecule has 18 heavy (non-hydrogen) atoms. The minimum atomic E-state index is -0.341. The van der Waals surface area contributed by atoms with E-state index in [-0.39, 0.29) is 11.8 Å². The van der Waals surface area contributed by atoms with Gasteiger partial charge in [-0.2, -0.15) is 0 Å². The molecule has 0 spiro atoms. The molecule has 3 aromatic rings. The maximum atomic E-state index is 14.0. The van der Waals surface area contributed by atoms with Crippen molar-refractivity contribution < 1.29 is 4.39 Å². The smallest absolute Gasteiger partial charge is 0.207 e. The number of nitrogen functional groups attached to an aromatic ring is 1. The van der Waals surface area contributed by atoms with E-state index in [1.54, 1.807) is 24.4 Å². The highest BCUT2D eigenvalue weighted by molar-refractivity contribution is 5.76. The van der Waals surface area contributed by atoms with Crippen molar-refractivity contribution >= 4 is 17.1 Å². The van der Waals surface area contributed by atoms with Gasteiger partial charge in [0.05, 0.1) is 5.69 Å². The number of hydrogen-bond acceptors (Lipinski definition) is 3.